The summed E-state index contributed by atoms with van der Waals surface area (Å²) >= 11 is 3.51. The number of hydrogen-bond acceptors (Lipinski definition) is 3. The van der Waals surface area contributed by atoms with Crippen molar-refractivity contribution >= 4 is 33.0 Å². The van der Waals surface area contributed by atoms with Crippen LogP contribution in [-0.2, 0) is 12.1 Å². The van der Waals surface area contributed by atoms with Crippen LogP contribution in [0, 0.1) is 0 Å². The number of pyridine rings is 1. The predicted octanol–water partition coefficient (Wildman–Crippen LogP) is 7.82. The SMILES string of the molecule is CC(C)(C)N(C(=O)O)C1(c2ccc(-c3oc4c(Br)cn(CCF)c(=O)c4c3-c3ccccc3)cc2)CCC1. The molecular weight excluding hydrogens is 551 g/mol. The summed E-state index contributed by atoms with van der Waals surface area (Å²) in [5.74, 6) is 0.530. The first-order chi connectivity index (χ1) is 18.1. The second-order valence-corrected chi connectivity index (χ2v) is 11.6. The number of furan rings is 1. The quantitative estimate of drug-likeness (QED) is 0.252. The van der Waals surface area contributed by atoms with Gasteiger partial charge in [-0.1, -0.05) is 54.6 Å². The highest BCUT2D eigenvalue weighted by atomic mass is 79.9. The summed E-state index contributed by atoms with van der Waals surface area (Å²) in [7, 11) is 0. The average Bonchev–Trinajstić information content (AvgIpc) is 3.26. The number of nitrogens with zero attached hydrogens (tertiary/aromatic N) is 2. The van der Waals surface area contributed by atoms with E-state index in [0.29, 0.717) is 26.8 Å². The molecule has 38 heavy (non-hydrogen) atoms. The Morgan fingerprint density at radius 1 is 1.11 bits per heavy atom. The molecule has 0 radical (unpaired) electrons. The van der Waals surface area contributed by atoms with Gasteiger partial charge in [0.1, 0.15) is 12.4 Å². The normalized spacial score (nSPS) is 14.9. The van der Waals surface area contributed by atoms with Gasteiger partial charge in [-0.2, -0.15) is 0 Å². The molecule has 8 heteroatoms. The van der Waals surface area contributed by atoms with Gasteiger partial charge in [-0.05, 0) is 67.1 Å². The van der Waals surface area contributed by atoms with Gasteiger partial charge < -0.3 is 14.1 Å². The molecule has 2 aromatic carbocycles. The summed E-state index contributed by atoms with van der Waals surface area (Å²) in [5, 5.41) is 10.5. The second-order valence-electron chi connectivity index (χ2n) is 10.8. The van der Waals surface area contributed by atoms with Crippen LogP contribution < -0.4 is 5.56 Å². The lowest BCUT2D eigenvalue weighted by Gasteiger charge is -2.54. The standard InChI is InChI=1S/C30H30BrFN2O4/c1-29(2,3)34(28(36)37)30(14-7-15-30)21-12-10-20(11-13-21)25-23(19-8-5-4-6-9-19)24-26(38-25)22(31)18-33(17-16-32)27(24)35/h4-6,8-13,18H,7,14-17H2,1-3H3,(H,36,37). The Morgan fingerprint density at radius 3 is 2.29 bits per heavy atom. The number of aromatic nitrogens is 1. The van der Waals surface area contributed by atoms with Crippen molar-refractivity contribution in [2.24, 2.45) is 0 Å². The maximum atomic E-state index is 13.4. The highest BCUT2D eigenvalue weighted by Gasteiger charge is 2.50. The Balaban J connectivity index is 1.69. The van der Waals surface area contributed by atoms with Crippen molar-refractivity contribution < 1.29 is 18.7 Å². The van der Waals surface area contributed by atoms with Crippen molar-refractivity contribution in [3.05, 3.63) is 81.2 Å². The molecular formula is C30H30BrFN2O4. The van der Waals surface area contributed by atoms with E-state index in [1.165, 1.54) is 4.57 Å². The molecule has 1 amide bonds. The van der Waals surface area contributed by atoms with Crippen molar-refractivity contribution in [3.8, 4) is 22.5 Å². The molecule has 1 aliphatic rings. The number of carbonyl (C=O) groups is 1. The van der Waals surface area contributed by atoms with E-state index >= 15 is 0 Å². The molecule has 0 aliphatic heterocycles. The predicted molar refractivity (Wildman–Crippen MR) is 150 cm³/mol. The smallest absolute Gasteiger partial charge is 0.408 e. The first-order valence-corrected chi connectivity index (χ1v) is 13.5. The number of amides is 1. The van der Waals surface area contributed by atoms with Crippen LogP contribution in [0.25, 0.3) is 33.4 Å². The fraction of sp³-hybridized carbons (Fsp3) is 0.333. The number of halogens is 2. The zero-order chi connectivity index (χ0) is 27.2. The van der Waals surface area contributed by atoms with Gasteiger partial charge in [-0.3, -0.25) is 9.69 Å². The van der Waals surface area contributed by atoms with E-state index in [2.05, 4.69) is 15.9 Å². The Labute approximate surface area is 228 Å². The monoisotopic (exact) mass is 580 g/mol. The van der Waals surface area contributed by atoms with Crippen molar-refractivity contribution in [2.75, 3.05) is 6.67 Å². The first-order valence-electron chi connectivity index (χ1n) is 12.7. The minimum atomic E-state index is -0.931. The van der Waals surface area contributed by atoms with Crippen LogP contribution in [0.2, 0.25) is 0 Å². The molecule has 1 N–H and O–H groups in total. The van der Waals surface area contributed by atoms with Gasteiger partial charge in [0.15, 0.2) is 5.58 Å². The fourth-order valence-electron chi connectivity index (χ4n) is 5.74. The van der Waals surface area contributed by atoms with Crippen LogP contribution in [0.1, 0.15) is 45.6 Å². The molecule has 0 spiro atoms. The third kappa shape index (κ3) is 4.25. The summed E-state index contributed by atoms with van der Waals surface area (Å²) in [6.07, 6.45) is 3.11. The van der Waals surface area contributed by atoms with E-state index in [1.807, 2.05) is 75.4 Å². The molecule has 0 atom stereocenters. The average molecular weight is 581 g/mol. The number of fused-ring (bicyclic) bond motifs is 1. The first kappa shape index (κ1) is 26.2. The summed E-state index contributed by atoms with van der Waals surface area (Å²) in [4.78, 5) is 27.3. The summed E-state index contributed by atoms with van der Waals surface area (Å²) in [5.41, 5.74) is 2.11. The maximum Gasteiger partial charge on any atom is 0.408 e. The van der Waals surface area contributed by atoms with Gasteiger partial charge in [-0.25, -0.2) is 9.18 Å². The number of benzene rings is 2. The lowest BCUT2D eigenvalue weighted by atomic mass is 9.69. The van der Waals surface area contributed by atoms with E-state index in [-0.39, 0.29) is 12.1 Å². The summed E-state index contributed by atoms with van der Waals surface area (Å²) in [6, 6.07) is 17.3. The summed E-state index contributed by atoms with van der Waals surface area (Å²) < 4.78 is 21.4. The van der Waals surface area contributed by atoms with Gasteiger partial charge in [0.2, 0.25) is 0 Å². The molecule has 1 aliphatic carbocycles. The minimum absolute atomic E-state index is 0.0489. The minimum Gasteiger partial charge on any atom is -0.465 e. The number of hydrogen-bond donors (Lipinski definition) is 1. The summed E-state index contributed by atoms with van der Waals surface area (Å²) in [6.45, 7) is 5.05. The lowest BCUT2D eigenvalue weighted by molar-refractivity contribution is -0.0328. The van der Waals surface area contributed by atoms with Crippen LogP contribution in [0.15, 0.2) is 74.5 Å². The maximum absolute atomic E-state index is 13.4. The van der Waals surface area contributed by atoms with Crippen molar-refractivity contribution in [2.45, 2.75) is 57.7 Å². The van der Waals surface area contributed by atoms with Crippen LogP contribution in [-0.4, -0.2) is 32.9 Å². The topological polar surface area (TPSA) is 75.7 Å². The molecule has 0 bridgehead atoms. The van der Waals surface area contributed by atoms with Gasteiger partial charge in [0.05, 0.1) is 21.9 Å². The van der Waals surface area contributed by atoms with E-state index in [4.69, 9.17) is 4.42 Å². The van der Waals surface area contributed by atoms with Crippen LogP contribution in [0.3, 0.4) is 0 Å². The van der Waals surface area contributed by atoms with E-state index in [0.717, 1.165) is 36.0 Å². The molecule has 1 fully saturated rings. The van der Waals surface area contributed by atoms with Crippen molar-refractivity contribution in [3.63, 3.8) is 0 Å². The molecule has 4 aromatic rings. The van der Waals surface area contributed by atoms with E-state index in [9.17, 15) is 19.1 Å². The number of rotatable bonds is 6. The van der Waals surface area contributed by atoms with Crippen molar-refractivity contribution in [1.29, 1.82) is 0 Å². The molecule has 2 heterocycles. The molecule has 198 valence electrons. The van der Waals surface area contributed by atoms with Crippen LogP contribution in [0.4, 0.5) is 9.18 Å². The Hall–Kier alpha value is -3.39. The zero-order valence-electron chi connectivity index (χ0n) is 21.6. The molecule has 2 aromatic heterocycles. The Kier molecular flexibility index (Phi) is 6.71. The highest BCUT2D eigenvalue weighted by molar-refractivity contribution is 9.10. The van der Waals surface area contributed by atoms with Crippen molar-refractivity contribution in [1.82, 2.24) is 9.47 Å². The Bertz CT molecular complexity index is 1550. The molecule has 0 saturated heterocycles. The van der Waals surface area contributed by atoms with Gasteiger partial charge >= 0.3 is 6.09 Å². The third-order valence-electron chi connectivity index (χ3n) is 7.41. The number of alkyl halides is 1. The zero-order valence-corrected chi connectivity index (χ0v) is 23.2. The number of aryl methyl sites for hydroxylation is 1. The third-order valence-corrected chi connectivity index (χ3v) is 7.98. The van der Waals surface area contributed by atoms with Gasteiger partial charge in [0, 0.05) is 22.9 Å². The van der Waals surface area contributed by atoms with E-state index < -0.39 is 23.8 Å². The molecule has 6 nitrogen and oxygen atoms in total. The fourth-order valence-corrected chi connectivity index (χ4v) is 6.27. The highest BCUT2D eigenvalue weighted by Crippen LogP contribution is 2.50. The van der Waals surface area contributed by atoms with Crippen LogP contribution in [0.5, 0.6) is 0 Å². The second kappa shape index (κ2) is 9.73. The van der Waals surface area contributed by atoms with E-state index in [1.54, 1.807) is 11.1 Å². The van der Waals surface area contributed by atoms with Crippen LogP contribution >= 0.6 is 15.9 Å². The largest absolute Gasteiger partial charge is 0.465 e. The molecule has 1 saturated carbocycles. The lowest BCUT2D eigenvalue weighted by Crippen LogP contribution is -2.60. The van der Waals surface area contributed by atoms with Gasteiger partial charge in [-0.15, -0.1) is 0 Å². The Morgan fingerprint density at radius 2 is 1.76 bits per heavy atom. The number of carboxylic acid groups (broad SMARTS) is 1. The van der Waals surface area contributed by atoms with Gasteiger partial charge in [0.25, 0.3) is 5.56 Å². The molecule has 0 unspecified atom stereocenters. The molecule has 5 rings (SSSR count).